The van der Waals surface area contributed by atoms with Gasteiger partial charge < -0.3 is 5.32 Å². The smallest absolute Gasteiger partial charge is 0.255 e. The Kier molecular flexibility index (Phi) is 6.18. The first-order chi connectivity index (χ1) is 13.5. The molecule has 0 bridgehead atoms. The number of benzene rings is 2. The lowest BCUT2D eigenvalue weighted by molar-refractivity contribution is 0.102. The maximum absolute atomic E-state index is 12.9. The Morgan fingerprint density at radius 2 is 1.71 bits per heavy atom. The summed E-state index contributed by atoms with van der Waals surface area (Å²) in [7, 11) is -2.17. The highest BCUT2D eigenvalue weighted by Crippen LogP contribution is 2.18. The molecule has 7 heteroatoms. The van der Waals surface area contributed by atoms with Gasteiger partial charge in [0.05, 0.1) is 4.90 Å². The molecule has 0 aliphatic heterocycles. The summed E-state index contributed by atoms with van der Waals surface area (Å²) in [6.45, 7) is 0.326. The third-order valence-corrected chi connectivity index (χ3v) is 6.15. The highest BCUT2D eigenvalue weighted by molar-refractivity contribution is 7.89. The van der Waals surface area contributed by atoms with Crippen molar-refractivity contribution >= 4 is 21.6 Å². The van der Waals surface area contributed by atoms with Crippen LogP contribution in [0.3, 0.4) is 0 Å². The summed E-state index contributed by atoms with van der Waals surface area (Å²) in [4.78, 5) is 16.5. The van der Waals surface area contributed by atoms with E-state index in [0.717, 1.165) is 5.56 Å². The van der Waals surface area contributed by atoms with Crippen molar-refractivity contribution in [3.63, 3.8) is 0 Å². The number of sulfonamides is 1. The van der Waals surface area contributed by atoms with E-state index in [0.29, 0.717) is 18.7 Å². The molecule has 0 atom stereocenters. The van der Waals surface area contributed by atoms with E-state index in [1.54, 1.807) is 36.7 Å². The molecular weight excluding hydrogens is 374 g/mol. The minimum atomic E-state index is -3.70. The van der Waals surface area contributed by atoms with Crippen LogP contribution in [0.25, 0.3) is 0 Å². The van der Waals surface area contributed by atoms with Gasteiger partial charge in [-0.1, -0.05) is 24.3 Å². The number of carbonyl (C=O) groups is 1. The molecule has 28 heavy (non-hydrogen) atoms. The van der Waals surface area contributed by atoms with Gasteiger partial charge in [0.2, 0.25) is 10.0 Å². The monoisotopic (exact) mass is 395 g/mol. The van der Waals surface area contributed by atoms with Crippen LogP contribution in [0.15, 0.2) is 84.0 Å². The summed E-state index contributed by atoms with van der Waals surface area (Å²) in [5, 5.41) is 2.76. The van der Waals surface area contributed by atoms with Crippen LogP contribution in [0.5, 0.6) is 0 Å². The first kappa shape index (κ1) is 19.7. The molecule has 0 spiro atoms. The maximum Gasteiger partial charge on any atom is 0.255 e. The van der Waals surface area contributed by atoms with Crippen molar-refractivity contribution in [2.45, 2.75) is 11.3 Å². The topological polar surface area (TPSA) is 79.4 Å². The van der Waals surface area contributed by atoms with Crippen molar-refractivity contribution in [2.75, 3.05) is 18.9 Å². The Morgan fingerprint density at radius 1 is 1.00 bits per heavy atom. The van der Waals surface area contributed by atoms with Crippen molar-refractivity contribution in [3.8, 4) is 0 Å². The van der Waals surface area contributed by atoms with Gasteiger partial charge in [0.15, 0.2) is 0 Å². The van der Waals surface area contributed by atoms with Crippen LogP contribution in [0.2, 0.25) is 0 Å². The highest BCUT2D eigenvalue weighted by atomic mass is 32.2. The fraction of sp³-hybridized carbons (Fsp3) is 0.143. The van der Waals surface area contributed by atoms with Crippen molar-refractivity contribution in [3.05, 3.63) is 90.3 Å². The van der Waals surface area contributed by atoms with Crippen molar-refractivity contribution in [2.24, 2.45) is 0 Å². The fourth-order valence-corrected chi connectivity index (χ4v) is 3.88. The molecule has 0 fully saturated rings. The number of aromatic nitrogens is 1. The van der Waals surface area contributed by atoms with Gasteiger partial charge in [-0.2, -0.15) is 0 Å². The molecule has 0 saturated carbocycles. The molecule has 3 rings (SSSR count). The summed E-state index contributed by atoms with van der Waals surface area (Å²) in [5.74, 6) is -0.359. The molecule has 0 aliphatic carbocycles. The normalized spacial score (nSPS) is 11.4. The highest BCUT2D eigenvalue weighted by Gasteiger charge is 2.21. The Balaban J connectivity index is 1.73. The lowest BCUT2D eigenvalue weighted by Crippen LogP contribution is -2.29. The minimum absolute atomic E-state index is 0.0884. The molecule has 0 saturated heterocycles. The first-order valence-electron chi connectivity index (χ1n) is 8.78. The molecule has 1 aromatic heterocycles. The van der Waals surface area contributed by atoms with Crippen LogP contribution in [0.4, 0.5) is 5.69 Å². The molecule has 3 aromatic rings. The van der Waals surface area contributed by atoms with Gasteiger partial charge in [0.25, 0.3) is 5.91 Å². The summed E-state index contributed by atoms with van der Waals surface area (Å²) in [6, 6.07) is 18.8. The lowest BCUT2D eigenvalue weighted by atomic mass is 10.2. The average molecular weight is 395 g/mol. The zero-order chi connectivity index (χ0) is 20.0. The lowest BCUT2D eigenvalue weighted by Gasteiger charge is -2.17. The van der Waals surface area contributed by atoms with Gasteiger partial charge in [-0.15, -0.1) is 0 Å². The van der Waals surface area contributed by atoms with E-state index in [1.165, 1.54) is 23.5 Å². The van der Waals surface area contributed by atoms with E-state index in [4.69, 9.17) is 0 Å². The second-order valence-corrected chi connectivity index (χ2v) is 8.32. The number of carbonyl (C=O) groups excluding carboxylic acids is 1. The summed E-state index contributed by atoms with van der Waals surface area (Å²) < 4.78 is 27.0. The van der Waals surface area contributed by atoms with Crippen LogP contribution in [0.1, 0.15) is 15.9 Å². The van der Waals surface area contributed by atoms with E-state index >= 15 is 0 Å². The first-order valence-corrected chi connectivity index (χ1v) is 10.2. The number of hydrogen-bond acceptors (Lipinski definition) is 4. The molecule has 144 valence electrons. The number of nitrogens with one attached hydrogen (secondary N) is 1. The minimum Gasteiger partial charge on any atom is -0.322 e. The van der Waals surface area contributed by atoms with Crippen LogP contribution in [0, 0.1) is 0 Å². The summed E-state index contributed by atoms with van der Waals surface area (Å²) >= 11 is 0. The molecule has 0 aliphatic rings. The van der Waals surface area contributed by atoms with Crippen LogP contribution in [-0.4, -0.2) is 37.2 Å². The quantitative estimate of drug-likeness (QED) is 0.666. The Labute approximate surface area is 164 Å². The van der Waals surface area contributed by atoms with E-state index in [2.05, 4.69) is 10.3 Å². The molecule has 0 unspecified atom stereocenters. The SMILES string of the molecule is CN(CCc1ccncc1)S(=O)(=O)c1cccc(C(=O)Nc2ccccc2)c1. The van der Waals surface area contributed by atoms with Crippen molar-refractivity contribution < 1.29 is 13.2 Å². The second kappa shape index (κ2) is 8.77. The second-order valence-electron chi connectivity index (χ2n) is 6.28. The predicted molar refractivity (Wildman–Crippen MR) is 109 cm³/mol. The van der Waals surface area contributed by atoms with E-state index in [1.807, 2.05) is 30.3 Å². The maximum atomic E-state index is 12.9. The molecule has 2 aromatic carbocycles. The van der Waals surface area contributed by atoms with Crippen molar-refractivity contribution in [1.82, 2.24) is 9.29 Å². The number of pyridine rings is 1. The van der Waals surface area contributed by atoms with Gasteiger partial charge in [0.1, 0.15) is 0 Å². The van der Waals surface area contributed by atoms with E-state index in [9.17, 15) is 13.2 Å². The fourth-order valence-electron chi connectivity index (χ4n) is 2.66. The number of nitrogens with zero attached hydrogens (tertiary/aromatic N) is 2. The van der Waals surface area contributed by atoms with Gasteiger partial charge in [0, 0.05) is 37.2 Å². The third kappa shape index (κ3) is 4.82. The number of amides is 1. The average Bonchev–Trinajstić information content (AvgIpc) is 2.73. The zero-order valence-electron chi connectivity index (χ0n) is 15.4. The molecule has 0 radical (unpaired) electrons. The van der Waals surface area contributed by atoms with Crippen LogP contribution < -0.4 is 5.32 Å². The molecule has 6 nitrogen and oxygen atoms in total. The van der Waals surface area contributed by atoms with Gasteiger partial charge in [-0.05, 0) is 54.4 Å². The van der Waals surface area contributed by atoms with Crippen molar-refractivity contribution in [1.29, 1.82) is 0 Å². The number of likely N-dealkylation sites (N-methyl/N-ethyl adjacent to an activating group) is 1. The molecule has 1 amide bonds. The van der Waals surface area contributed by atoms with E-state index < -0.39 is 10.0 Å². The Bertz CT molecular complexity index is 1040. The number of rotatable bonds is 7. The summed E-state index contributed by atoms with van der Waals surface area (Å²) in [6.07, 6.45) is 3.93. The molecular formula is C21H21N3O3S. The van der Waals surface area contributed by atoms with E-state index in [-0.39, 0.29) is 16.4 Å². The standard InChI is InChI=1S/C21H21N3O3S/c1-24(15-12-17-10-13-22-14-11-17)28(26,27)20-9-5-6-18(16-20)21(25)23-19-7-3-2-4-8-19/h2-11,13-14,16H,12,15H2,1H3,(H,23,25). The van der Waals surface area contributed by atoms with Gasteiger partial charge in [-0.3, -0.25) is 9.78 Å². The van der Waals surface area contributed by atoms with Crippen LogP contribution in [-0.2, 0) is 16.4 Å². The Hall–Kier alpha value is -3.03. The largest absolute Gasteiger partial charge is 0.322 e. The number of para-hydroxylation sites is 1. The van der Waals surface area contributed by atoms with Gasteiger partial charge in [-0.25, -0.2) is 12.7 Å². The zero-order valence-corrected chi connectivity index (χ0v) is 16.3. The molecule has 1 N–H and O–H groups in total. The van der Waals surface area contributed by atoms with Crippen LogP contribution >= 0.6 is 0 Å². The van der Waals surface area contributed by atoms with Gasteiger partial charge >= 0.3 is 0 Å². The molecule has 1 heterocycles. The number of hydrogen-bond donors (Lipinski definition) is 1. The summed E-state index contributed by atoms with van der Waals surface area (Å²) in [5.41, 5.74) is 1.94. The number of anilines is 1. The predicted octanol–water partition coefficient (Wildman–Crippen LogP) is 3.20. The third-order valence-electron chi connectivity index (χ3n) is 4.30. The Morgan fingerprint density at radius 3 is 2.43 bits per heavy atom.